The standard InChI is InChI=1S/C16H18FN3O2/c1-2-22-16(21)14-15(11-7-3-4-8-11)20(19-18-14)13-10-6-5-9-12(13)17/h5-6,9-11H,2-4,7-8H2,1H3. The molecule has 1 saturated carbocycles. The minimum Gasteiger partial charge on any atom is -0.461 e. The summed E-state index contributed by atoms with van der Waals surface area (Å²) in [6.45, 7) is 2.02. The van der Waals surface area contributed by atoms with Crippen LogP contribution in [0, 0.1) is 5.82 Å². The van der Waals surface area contributed by atoms with E-state index in [0.29, 0.717) is 11.4 Å². The second kappa shape index (κ2) is 6.25. The third-order valence-electron chi connectivity index (χ3n) is 4.00. The number of esters is 1. The van der Waals surface area contributed by atoms with E-state index >= 15 is 0 Å². The average molecular weight is 303 g/mol. The highest BCUT2D eigenvalue weighted by Crippen LogP contribution is 2.36. The Morgan fingerprint density at radius 3 is 2.77 bits per heavy atom. The Morgan fingerprint density at radius 1 is 1.36 bits per heavy atom. The van der Waals surface area contributed by atoms with E-state index in [0.717, 1.165) is 25.7 Å². The van der Waals surface area contributed by atoms with Gasteiger partial charge in [0.15, 0.2) is 5.69 Å². The van der Waals surface area contributed by atoms with Gasteiger partial charge in [0.25, 0.3) is 0 Å². The average Bonchev–Trinajstić information content (AvgIpc) is 3.17. The number of carbonyl (C=O) groups is 1. The van der Waals surface area contributed by atoms with Crippen molar-refractivity contribution in [2.24, 2.45) is 0 Å². The molecule has 0 bridgehead atoms. The van der Waals surface area contributed by atoms with Crippen LogP contribution in [0.5, 0.6) is 0 Å². The molecule has 1 fully saturated rings. The van der Waals surface area contributed by atoms with Gasteiger partial charge in [0, 0.05) is 5.92 Å². The molecule has 1 heterocycles. The highest BCUT2D eigenvalue weighted by molar-refractivity contribution is 5.88. The van der Waals surface area contributed by atoms with E-state index in [2.05, 4.69) is 10.3 Å². The number of hydrogen-bond donors (Lipinski definition) is 0. The van der Waals surface area contributed by atoms with Crippen molar-refractivity contribution in [1.29, 1.82) is 0 Å². The predicted octanol–water partition coefficient (Wildman–Crippen LogP) is 3.24. The molecule has 22 heavy (non-hydrogen) atoms. The summed E-state index contributed by atoms with van der Waals surface area (Å²) in [4.78, 5) is 12.1. The first-order valence-corrected chi connectivity index (χ1v) is 7.60. The molecule has 2 aromatic rings. The van der Waals surface area contributed by atoms with Crippen LogP contribution in [-0.2, 0) is 4.74 Å². The second-order valence-corrected chi connectivity index (χ2v) is 5.39. The maximum atomic E-state index is 14.1. The molecule has 6 heteroatoms. The highest BCUT2D eigenvalue weighted by atomic mass is 19.1. The Labute approximate surface area is 128 Å². The lowest BCUT2D eigenvalue weighted by Gasteiger charge is -2.13. The molecule has 116 valence electrons. The van der Waals surface area contributed by atoms with Crippen molar-refractivity contribution in [2.45, 2.75) is 38.5 Å². The number of aromatic nitrogens is 3. The maximum Gasteiger partial charge on any atom is 0.360 e. The molecule has 1 aliphatic carbocycles. The van der Waals surface area contributed by atoms with Crippen LogP contribution in [-0.4, -0.2) is 27.6 Å². The van der Waals surface area contributed by atoms with E-state index < -0.39 is 5.97 Å². The van der Waals surface area contributed by atoms with Crippen LogP contribution in [0.3, 0.4) is 0 Å². The number of para-hydroxylation sites is 1. The van der Waals surface area contributed by atoms with Gasteiger partial charge in [-0.1, -0.05) is 30.2 Å². The minimum absolute atomic E-state index is 0.161. The lowest BCUT2D eigenvalue weighted by molar-refractivity contribution is 0.0517. The molecule has 0 saturated heterocycles. The largest absolute Gasteiger partial charge is 0.461 e. The Hall–Kier alpha value is -2.24. The summed E-state index contributed by atoms with van der Waals surface area (Å²) in [6, 6.07) is 6.37. The Kier molecular flexibility index (Phi) is 4.18. The molecule has 0 spiro atoms. The summed E-state index contributed by atoms with van der Waals surface area (Å²) in [7, 11) is 0. The van der Waals surface area contributed by atoms with Crippen molar-refractivity contribution in [2.75, 3.05) is 6.61 Å². The first-order chi connectivity index (χ1) is 10.7. The fourth-order valence-electron chi connectivity index (χ4n) is 3.00. The molecule has 0 amide bonds. The summed E-state index contributed by atoms with van der Waals surface area (Å²) in [5.41, 5.74) is 1.19. The van der Waals surface area contributed by atoms with Crippen LogP contribution in [0.1, 0.15) is 54.7 Å². The summed E-state index contributed by atoms with van der Waals surface area (Å²) in [5.74, 6) is -0.719. The highest BCUT2D eigenvalue weighted by Gasteiger charge is 2.30. The van der Waals surface area contributed by atoms with Gasteiger partial charge in [0.2, 0.25) is 0 Å². The van der Waals surface area contributed by atoms with Gasteiger partial charge in [-0.15, -0.1) is 5.10 Å². The fourth-order valence-corrected chi connectivity index (χ4v) is 3.00. The summed E-state index contributed by atoms with van der Waals surface area (Å²) in [5, 5.41) is 7.99. The molecular weight excluding hydrogens is 285 g/mol. The zero-order valence-corrected chi connectivity index (χ0v) is 12.5. The van der Waals surface area contributed by atoms with Gasteiger partial charge in [-0.3, -0.25) is 0 Å². The number of benzene rings is 1. The normalized spacial score (nSPS) is 15.2. The van der Waals surface area contributed by atoms with Gasteiger partial charge in [-0.25, -0.2) is 13.9 Å². The van der Waals surface area contributed by atoms with Gasteiger partial charge in [0.05, 0.1) is 12.3 Å². The van der Waals surface area contributed by atoms with E-state index in [9.17, 15) is 9.18 Å². The van der Waals surface area contributed by atoms with Crippen molar-refractivity contribution in [3.63, 3.8) is 0 Å². The van der Waals surface area contributed by atoms with E-state index in [-0.39, 0.29) is 24.0 Å². The zero-order valence-electron chi connectivity index (χ0n) is 12.5. The van der Waals surface area contributed by atoms with Crippen LogP contribution >= 0.6 is 0 Å². The molecule has 3 rings (SSSR count). The van der Waals surface area contributed by atoms with Crippen molar-refractivity contribution >= 4 is 5.97 Å². The summed E-state index contributed by atoms with van der Waals surface area (Å²) >= 11 is 0. The van der Waals surface area contributed by atoms with Crippen molar-refractivity contribution in [3.8, 4) is 5.69 Å². The van der Waals surface area contributed by atoms with Crippen molar-refractivity contribution in [3.05, 3.63) is 41.5 Å². The van der Waals surface area contributed by atoms with Gasteiger partial charge >= 0.3 is 5.97 Å². The monoisotopic (exact) mass is 303 g/mol. The van der Waals surface area contributed by atoms with Gasteiger partial charge in [0.1, 0.15) is 11.5 Å². The van der Waals surface area contributed by atoms with E-state index in [1.807, 2.05) is 0 Å². The molecule has 0 unspecified atom stereocenters. The van der Waals surface area contributed by atoms with Crippen LogP contribution in [0.15, 0.2) is 24.3 Å². The summed E-state index contributed by atoms with van der Waals surface area (Å²) in [6.07, 6.45) is 4.09. The predicted molar refractivity (Wildman–Crippen MR) is 78.5 cm³/mol. The molecule has 1 aromatic heterocycles. The first-order valence-electron chi connectivity index (χ1n) is 7.60. The Balaban J connectivity index is 2.10. The maximum absolute atomic E-state index is 14.1. The topological polar surface area (TPSA) is 57.0 Å². The van der Waals surface area contributed by atoms with Gasteiger partial charge < -0.3 is 4.74 Å². The molecular formula is C16H18FN3O2. The SMILES string of the molecule is CCOC(=O)c1nnn(-c2ccccc2F)c1C1CCCC1. The molecule has 1 aliphatic rings. The third-order valence-corrected chi connectivity index (χ3v) is 4.00. The molecule has 5 nitrogen and oxygen atoms in total. The number of ether oxygens (including phenoxy) is 1. The van der Waals surface area contributed by atoms with Gasteiger partial charge in [-0.05, 0) is 31.9 Å². The van der Waals surface area contributed by atoms with Crippen LogP contribution in [0.4, 0.5) is 4.39 Å². The number of nitrogens with zero attached hydrogens (tertiary/aromatic N) is 3. The third kappa shape index (κ3) is 2.61. The zero-order chi connectivity index (χ0) is 15.5. The van der Waals surface area contributed by atoms with E-state index in [4.69, 9.17) is 4.74 Å². The minimum atomic E-state index is -0.494. The quantitative estimate of drug-likeness (QED) is 0.814. The molecule has 0 aliphatic heterocycles. The molecule has 1 aromatic carbocycles. The second-order valence-electron chi connectivity index (χ2n) is 5.39. The van der Waals surface area contributed by atoms with E-state index in [1.54, 1.807) is 25.1 Å². The van der Waals surface area contributed by atoms with Gasteiger partial charge in [-0.2, -0.15) is 0 Å². The number of halogens is 1. The lowest BCUT2D eigenvalue weighted by Crippen LogP contribution is -2.13. The van der Waals surface area contributed by atoms with E-state index in [1.165, 1.54) is 10.7 Å². The number of hydrogen-bond acceptors (Lipinski definition) is 4. The van der Waals surface area contributed by atoms with Crippen LogP contribution in [0.2, 0.25) is 0 Å². The Bertz CT molecular complexity index is 678. The molecule has 0 radical (unpaired) electrons. The molecule has 0 N–H and O–H groups in total. The van der Waals surface area contributed by atoms with Crippen molar-refractivity contribution in [1.82, 2.24) is 15.0 Å². The van der Waals surface area contributed by atoms with Crippen LogP contribution in [0.25, 0.3) is 5.69 Å². The fraction of sp³-hybridized carbons (Fsp3) is 0.438. The first kappa shape index (κ1) is 14.7. The smallest absolute Gasteiger partial charge is 0.360 e. The van der Waals surface area contributed by atoms with Crippen molar-refractivity contribution < 1.29 is 13.9 Å². The van der Waals surface area contributed by atoms with Crippen LogP contribution < -0.4 is 0 Å². The Morgan fingerprint density at radius 2 is 2.09 bits per heavy atom. The summed E-state index contributed by atoms with van der Waals surface area (Å²) < 4.78 is 20.6. The number of rotatable bonds is 4. The molecule has 0 atom stereocenters. The number of carbonyl (C=O) groups excluding carboxylic acids is 1. The lowest BCUT2D eigenvalue weighted by atomic mass is 10.0.